The Kier molecular flexibility index (Phi) is 5.46. The van der Waals surface area contributed by atoms with Crippen LogP contribution in [0, 0.1) is 0 Å². The Morgan fingerprint density at radius 2 is 2.16 bits per heavy atom. The highest BCUT2D eigenvalue weighted by Crippen LogP contribution is 2.29. The average Bonchev–Trinajstić information content (AvgIpc) is 2.76. The van der Waals surface area contributed by atoms with Gasteiger partial charge in [-0.2, -0.15) is 4.31 Å². The molecule has 1 heterocycles. The van der Waals surface area contributed by atoms with Crippen LogP contribution < -0.4 is 10.5 Å². The lowest BCUT2D eigenvalue weighted by Gasteiger charge is -2.16. The Morgan fingerprint density at radius 1 is 1.47 bits per heavy atom. The Labute approximate surface area is 124 Å². The number of benzene rings is 1. The second kappa shape index (κ2) is 6.28. The first kappa shape index (κ1) is 16.5. The van der Waals surface area contributed by atoms with Crippen molar-refractivity contribution in [2.45, 2.75) is 17.4 Å². The van der Waals surface area contributed by atoms with E-state index >= 15 is 0 Å². The van der Waals surface area contributed by atoms with Crippen LogP contribution >= 0.6 is 24.0 Å². The summed E-state index contributed by atoms with van der Waals surface area (Å²) in [6.45, 7) is 0.805. The van der Waals surface area contributed by atoms with Crippen molar-refractivity contribution < 1.29 is 13.2 Å². The maximum Gasteiger partial charge on any atom is 0.243 e. The topological polar surface area (TPSA) is 72.6 Å². The average molecular weight is 327 g/mol. The zero-order valence-corrected chi connectivity index (χ0v) is 12.8. The van der Waals surface area contributed by atoms with Crippen LogP contribution in [0.5, 0.6) is 5.75 Å². The van der Waals surface area contributed by atoms with E-state index in [1.165, 1.54) is 23.5 Å². The number of rotatable bonds is 3. The first-order valence-corrected chi connectivity index (χ1v) is 7.36. The molecule has 2 N–H and O–H groups in total. The van der Waals surface area contributed by atoms with Crippen molar-refractivity contribution in [2.75, 3.05) is 20.2 Å². The van der Waals surface area contributed by atoms with Gasteiger partial charge in [0, 0.05) is 19.1 Å². The molecule has 0 saturated carbocycles. The summed E-state index contributed by atoms with van der Waals surface area (Å²) in [5.74, 6) is 0.453. The summed E-state index contributed by atoms with van der Waals surface area (Å²) in [4.78, 5) is 0.169. The SMILES string of the molecule is COc1ccc(S(=O)(=O)N2CCC(N)C2)cc1Cl.Cl. The molecule has 8 heteroatoms. The Morgan fingerprint density at radius 3 is 2.63 bits per heavy atom. The first-order chi connectivity index (χ1) is 8.45. The Hall–Kier alpha value is -0.530. The third-order valence-corrected chi connectivity index (χ3v) is 5.10. The maximum absolute atomic E-state index is 12.3. The summed E-state index contributed by atoms with van der Waals surface area (Å²) in [5, 5.41) is 0.280. The molecule has 108 valence electrons. The number of nitrogens with zero attached hydrogens (tertiary/aromatic N) is 1. The Balaban J connectivity index is 0.00000180. The van der Waals surface area contributed by atoms with Gasteiger partial charge >= 0.3 is 0 Å². The molecule has 0 aliphatic carbocycles. The zero-order chi connectivity index (χ0) is 13.3. The molecular weight excluding hydrogens is 311 g/mol. The summed E-state index contributed by atoms with van der Waals surface area (Å²) < 4.78 is 31.0. The van der Waals surface area contributed by atoms with E-state index in [0.29, 0.717) is 25.3 Å². The van der Waals surface area contributed by atoms with Gasteiger partial charge in [-0.15, -0.1) is 12.4 Å². The van der Waals surface area contributed by atoms with Crippen LogP contribution in [-0.2, 0) is 10.0 Å². The van der Waals surface area contributed by atoms with E-state index in [0.717, 1.165) is 0 Å². The molecular formula is C11H16Cl2N2O3S. The predicted octanol–water partition coefficient (Wildman–Crippen LogP) is 1.49. The van der Waals surface area contributed by atoms with E-state index in [1.807, 2.05) is 0 Å². The summed E-state index contributed by atoms with van der Waals surface area (Å²) in [7, 11) is -2.02. The van der Waals surface area contributed by atoms with E-state index in [1.54, 1.807) is 6.07 Å². The summed E-state index contributed by atoms with van der Waals surface area (Å²) in [6.07, 6.45) is 0.684. The molecule has 19 heavy (non-hydrogen) atoms. The lowest BCUT2D eigenvalue weighted by atomic mass is 10.3. The maximum atomic E-state index is 12.3. The molecule has 1 aromatic carbocycles. The number of sulfonamides is 1. The van der Waals surface area contributed by atoms with Gasteiger partial charge in [0.2, 0.25) is 10.0 Å². The van der Waals surface area contributed by atoms with Gasteiger partial charge in [-0.3, -0.25) is 0 Å². The zero-order valence-electron chi connectivity index (χ0n) is 10.4. The summed E-state index contributed by atoms with van der Waals surface area (Å²) >= 11 is 5.94. The van der Waals surface area contributed by atoms with Crippen LogP contribution in [0.15, 0.2) is 23.1 Å². The standard InChI is InChI=1S/C11H15ClN2O3S.ClH/c1-17-11-3-2-9(6-10(11)12)18(15,16)14-5-4-8(13)7-14;/h2-3,6,8H,4-5,7,13H2,1H3;1H. The van der Waals surface area contributed by atoms with Gasteiger partial charge in [0.25, 0.3) is 0 Å². The van der Waals surface area contributed by atoms with Gasteiger partial charge < -0.3 is 10.5 Å². The molecule has 1 aliphatic rings. The predicted molar refractivity (Wildman–Crippen MR) is 76.6 cm³/mol. The minimum absolute atomic E-state index is 0. The monoisotopic (exact) mass is 326 g/mol. The normalized spacial score (nSPS) is 20.1. The van der Waals surface area contributed by atoms with Gasteiger partial charge in [0.05, 0.1) is 17.0 Å². The van der Waals surface area contributed by atoms with Gasteiger partial charge in [0.1, 0.15) is 5.75 Å². The number of hydrogen-bond acceptors (Lipinski definition) is 4. The summed E-state index contributed by atoms with van der Waals surface area (Å²) in [5.41, 5.74) is 5.72. The highest BCUT2D eigenvalue weighted by atomic mass is 35.5. The minimum atomic E-state index is -3.51. The molecule has 2 rings (SSSR count). The molecule has 0 aromatic heterocycles. The Bertz CT molecular complexity index is 551. The summed E-state index contributed by atoms with van der Waals surface area (Å²) in [6, 6.07) is 4.35. The molecule has 0 spiro atoms. The molecule has 1 aromatic rings. The lowest BCUT2D eigenvalue weighted by Crippen LogP contribution is -2.31. The van der Waals surface area contributed by atoms with Crippen LogP contribution in [-0.4, -0.2) is 39.0 Å². The van der Waals surface area contributed by atoms with Gasteiger partial charge in [-0.1, -0.05) is 11.6 Å². The molecule has 0 amide bonds. The van der Waals surface area contributed by atoms with Crippen LogP contribution in [0.4, 0.5) is 0 Å². The van der Waals surface area contributed by atoms with E-state index in [9.17, 15) is 8.42 Å². The van der Waals surface area contributed by atoms with Gasteiger partial charge in [-0.05, 0) is 24.6 Å². The fraction of sp³-hybridized carbons (Fsp3) is 0.455. The van der Waals surface area contributed by atoms with Crippen molar-refractivity contribution in [3.8, 4) is 5.75 Å². The molecule has 0 radical (unpaired) electrons. The van der Waals surface area contributed by atoms with Crippen LogP contribution in [0.25, 0.3) is 0 Å². The number of methoxy groups -OCH3 is 1. The van der Waals surface area contributed by atoms with Crippen molar-refractivity contribution in [1.82, 2.24) is 4.31 Å². The third-order valence-electron chi connectivity index (χ3n) is 2.95. The van der Waals surface area contributed by atoms with Crippen molar-refractivity contribution in [3.05, 3.63) is 23.2 Å². The molecule has 5 nitrogen and oxygen atoms in total. The van der Waals surface area contributed by atoms with Gasteiger partial charge in [0.15, 0.2) is 0 Å². The first-order valence-electron chi connectivity index (χ1n) is 5.54. The lowest BCUT2D eigenvalue weighted by molar-refractivity contribution is 0.414. The van der Waals surface area contributed by atoms with E-state index < -0.39 is 10.0 Å². The van der Waals surface area contributed by atoms with E-state index in [4.69, 9.17) is 22.1 Å². The number of halogens is 2. The minimum Gasteiger partial charge on any atom is -0.495 e. The van der Waals surface area contributed by atoms with Gasteiger partial charge in [-0.25, -0.2) is 8.42 Å². The largest absolute Gasteiger partial charge is 0.495 e. The number of hydrogen-bond donors (Lipinski definition) is 1. The molecule has 1 aliphatic heterocycles. The highest BCUT2D eigenvalue weighted by molar-refractivity contribution is 7.89. The van der Waals surface area contributed by atoms with E-state index in [2.05, 4.69) is 0 Å². The van der Waals surface area contributed by atoms with Crippen LogP contribution in [0.2, 0.25) is 5.02 Å². The smallest absolute Gasteiger partial charge is 0.243 e. The number of nitrogens with two attached hydrogens (primary N) is 1. The quantitative estimate of drug-likeness (QED) is 0.913. The van der Waals surface area contributed by atoms with E-state index in [-0.39, 0.29) is 28.4 Å². The van der Waals surface area contributed by atoms with Crippen molar-refractivity contribution in [1.29, 1.82) is 0 Å². The van der Waals surface area contributed by atoms with Crippen molar-refractivity contribution in [2.24, 2.45) is 5.73 Å². The molecule has 1 unspecified atom stereocenters. The molecule has 0 bridgehead atoms. The molecule has 1 atom stereocenters. The van der Waals surface area contributed by atoms with Crippen molar-refractivity contribution >= 4 is 34.0 Å². The number of ether oxygens (including phenoxy) is 1. The fourth-order valence-electron chi connectivity index (χ4n) is 1.93. The highest BCUT2D eigenvalue weighted by Gasteiger charge is 2.31. The van der Waals surface area contributed by atoms with Crippen molar-refractivity contribution in [3.63, 3.8) is 0 Å². The second-order valence-corrected chi connectivity index (χ2v) is 6.55. The van der Waals surface area contributed by atoms with Crippen LogP contribution in [0.3, 0.4) is 0 Å². The third kappa shape index (κ3) is 3.32. The second-order valence-electron chi connectivity index (χ2n) is 4.21. The fourth-order valence-corrected chi connectivity index (χ4v) is 3.79. The molecule has 1 fully saturated rings. The van der Waals surface area contributed by atoms with Crippen LogP contribution in [0.1, 0.15) is 6.42 Å². The molecule has 1 saturated heterocycles.